The van der Waals surface area contributed by atoms with E-state index in [0.29, 0.717) is 5.82 Å². The SMILES string of the molecule is CN(C)c1ccc(C(NS(C)(=O)=O)c2nccn2C)cc1. The lowest BCUT2D eigenvalue weighted by Crippen LogP contribution is -2.30. The smallest absolute Gasteiger partial charge is 0.209 e. The van der Waals surface area contributed by atoms with Crippen molar-refractivity contribution in [3.63, 3.8) is 0 Å². The Morgan fingerprint density at radius 2 is 1.86 bits per heavy atom. The Hall–Kier alpha value is -1.86. The molecule has 0 saturated carbocycles. The zero-order valence-electron chi connectivity index (χ0n) is 12.6. The number of imidazole rings is 1. The Morgan fingerprint density at radius 1 is 1.24 bits per heavy atom. The van der Waals surface area contributed by atoms with Crippen molar-refractivity contribution in [2.24, 2.45) is 7.05 Å². The molecule has 1 aromatic heterocycles. The van der Waals surface area contributed by atoms with Gasteiger partial charge in [-0.25, -0.2) is 18.1 Å². The zero-order chi connectivity index (χ0) is 15.6. The maximum atomic E-state index is 11.6. The molecule has 0 aliphatic rings. The minimum Gasteiger partial charge on any atom is -0.378 e. The van der Waals surface area contributed by atoms with Gasteiger partial charge in [0.2, 0.25) is 10.0 Å². The number of sulfonamides is 1. The third-order valence-corrected chi connectivity index (χ3v) is 3.86. The molecule has 0 saturated heterocycles. The van der Waals surface area contributed by atoms with E-state index in [1.807, 2.05) is 54.9 Å². The first kappa shape index (κ1) is 15.5. The Labute approximate surface area is 125 Å². The third-order valence-electron chi connectivity index (χ3n) is 3.19. The molecule has 21 heavy (non-hydrogen) atoms. The maximum Gasteiger partial charge on any atom is 0.209 e. The number of aromatic nitrogens is 2. The van der Waals surface area contributed by atoms with Crippen molar-refractivity contribution in [1.82, 2.24) is 14.3 Å². The lowest BCUT2D eigenvalue weighted by molar-refractivity contribution is 0.568. The number of benzene rings is 1. The van der Waals surface area contributed by atoms with Crippen molar-refractivity contribution in [3.05, 3.63) is 48.0 Å². The van der Waals surface area contributed by atoms with Gasteiger partial charge >= 0.3 is 0 Å². The lowest BCUT2D eigenvalue weighted by atomic mass is 10.1. The monoisotopic (exact) mass is 308 g/mol. The van der Waals surface area contributed by atoms with Crippen LogP contribution in [0.15, 0.2) is 36.7 Å². The maximum absolute atomic E-state index is 11.6. The fourth-order valence-corrected chi connectivity index (χ4v) is 2.77. The molecular weight excluding hydrogens is 288 g/mol. The molecule has 1 heterocycles. The topological polar surface area (TPSA) is 67.2 Å². The molecule has 1 atom stereocenters. The average molecular weight is 308 g/mol. The summed E-state index contributed by atoms with van der Waals surface area (Å²) in [4.78, 5) is 6.25. The van der Waals surface area contributed by atoms with E-state index in [1.165, 1.54) is 0 Å². The van der Waals surface area contributed by atoms with Gasteiger partial charge in [0.25, 0.3) is 0 Å². The number of anilines is 1. The van der Waals surface area contributed by atoms with Gasteiger partial charge in [-0.2, -0.15) is 0 Å². The number of aryl methyl sites for hydroxylation is 1. The second-order valence-electron chi connectivity index (χ2n) is 5.21. The molecule has 0 fully saturated rings. The molecular formula is C14H20N4O2S. The van der Waals surface area contributed by atoms with Crippen LogP contribution in [0.4, 0.5) is 5.69 Å². The van der Waals surface area contributed by atoms with E-state index in [4.69, 9.17) is 0 Å². The van der Waals surface area contributed by atoms with Crippen LogP contribution in [0.5, 0.6) is 0 Å². The third kappa shape index (κ3) is 3.83. The van der Waals surface area contributed by atoms with Gasteiger partial charge in [0.1, 0.15) is 11.9 Å². The van der Waals surface area contributed by atoms with Gasteiger partial charge in [0.15, 0.2) is 0 Å². The summed E-state index contributed by atoms with van der Waals surface area (Å²) >= 11 is 0. The van der Waals surface area contributed by atoms with Crippen molar-refractivity contribution in [2.45, 2.75) is 6.04 Å². The van der Waals surface area contributed by atoms with E-state index in [9.17, 15) is 8.42 Å². The van der Waals surface area contributed by atoms with E-state index in [-0.39, 0.29) is 0 Å². The summed E-state index contributed by atoms with van der Waals surface area (Å²) in [6, 6.07) is 7.22. The van der Waals surface area contributed by atoms with E-state index >= 15 is 0 Å². The highest BCUT2D eigenvalue weighted by molar-refractivity contribution is 7.88. The molecule has 1 unspecified atom stereocenters. The van der Waals surface area contributed by atoms with Crippen LogP contribution in [0.3, 0.4) is 0 Å². The van der Waals surface area contributed by atoms with E-state index in [1.54, 1.807) is 12.4 Å². The van der Waals surface area contributed by atoms with Crippen LogP contribution in [0.25, 0.3) is 0 Å². The molecule has 6 nitrogen and oxygen atoms in total. The summed E-state index contributed by atoms with van der Waals surface area (Å²) in [6.07, 6.45) is 4.60. The molecule has 0 aliphatic heterocycles. The predicted molar refractivity (Wildman–Crippen MR) is 83.8 cm³/mol. The van der Waals surface area contributed by atoms with Gasteiger partial charge < -0.3 is 9.47 Å². The van der Waals surface area contributed by atoms with Crippen LogP contribution in [0.2, 0.25) is 0 Å². The van der Waals surface area contributed by atoms with Crippen LogP contribution in [0.1, 0.15) is 17.4 Å². The van der Waals surface area contributed by atoms with Gasteiger partial charge in [-0.3, -0.25) is 0 Å². The molecule has 0 radical (unpaired) electrons. The Bertz CT molecular complexity index is 705. The summed E-state index contributed by atoms with van der Waals surface area (Å²) in [5, 5.41) is 0. The number of hydrogen-bond acceptors (Lipinski definition) is 4. The van der Waals surface area contributed by atoms with E-state index < -0.39 is 16.1 Å². The molecule has 114 valence electrons. The second-order valence-corrected chi connectivity index (χ2v) is 6.99. The fraction of sp³-hybridized carbons (Fsp3) is 0.357. The Morgan fingerprint density at radius 3 is 2.29 bits per heavy atom. The number of hydrogen-bond donors (Lipinski definition) is 1. The second kappa shape index (κ2) is 5.87. The van der Waals surface area contributed by atoms with Crippen LogP contribution in [-0.2, 0) is 17.1 Å². The van der Waals surface area contributed by atoms with Crippen LogP contribution >= 0.6 is 0 Å². The predicted octanol–water partition coefficient (Wildman–Crippen LogP) is 1.12. The molecule has 0 spiro atoms. The van der Waals surface area contributed by atoms with E-state index in [2.05, 4.69) is 9.71 Å². The molecule has 2 rings (SSSR count). The molecule has 7 heteroatoms. The standard InChI is InChI=1S/C14H20N4O2S/c1-17(2)12-7-5-11(6-8-12)13(16-21(4,19)20)14-15-9-10-18(14)3/h5-10,13,16H,1-4H3. The first-order chi connectivity index (χ1) is 9.78. The zero-order valence-corrected chi connectivity index (χ0v) is 13.4. The summed E-state index contributed by atoms with van der Waals surface area (Å²) in [6.45, 7) is 0. The molecule has 2 aromatic rings. The molecule has 1 N–H and O–H groups in total. The highest BCUT2D eigenvalue weighted by Gasteiger charge is 2.21. The van der Waals surface area contributed by atoms with Crippen molar-refractivity contribution in [2.75, 3.05) is 25.3 Å². The molecule has 0 amide bonds. The normalized spacial score (nSPS) is 13.1. The first-order valence-electron chi connectivity index (χ1n) is 6.50. The van der Waals surface area contributed by atoms with Gasteiger partial charge in [0.05, 0.1) is 6.26 Å². The Balaban J connectivity index is 2.42. The number of nitrogens with one attached hydrogen (secondary N) is 1. The summed E-state index contributed by atoms with van der Waals surface area (Å²) in [5.41, 5.74) is 1.90. The minimum absolute atomic E-state index is 0.504. The highest BCUT2D eigenvalue weighted by Crippen LogP contribution is 2.23. The summed E-state index contributed by atoms with van der Waals surface area (Å²) < 4.78 is 27.7. The lowest BCUT2D eigenvalue weighted by Gasteiger charge is -2.19. The fourth-order valence-electron chi connectivity index (χ4n) is 2.10. The van der Waals surface area contributed by atoms with Crippen molar-refractivity contribution in [1.29, 1.82) is 0 Å². The first-order valence-corrected chi connectivity index (χ1v) is 8.39. The van der Waals surface area contributed by atoms with Crippen LogP contribution < -0.4 is 9.62 Å². The van der Waals surface area contributed by atoms with E-state index in [0.717, 1.165) is 17.5 Å². The quantitative estimate of drug-likeness (QED) is 0.899. The summed E-state index contributed by atoms with van der Waals surface area (Å²) in [5.74, 6) is 0.651. The summed E-state index contributed by atoms with van der Waals surface area (Å²) in [7, 11) is 2.40. The number of rotatable bonds is 5. The largest absolute Gasteiger partial charge is 0.378 e. The van der Waals surface area contributed by atoms with Crippen LogP contribution in [0, 0.1) is 0 Å². The number of nitrogens with zero attached hydrogens (tertiary/aromatic N) is 3. The van der Waals surface area contributed by atoms with Gasteiger partial charge in [0, 0.05) is 39.2 Å². The molecule has 1 aromatic carbocycles. The average Bonchev–Trinajstić information content (AvgIpc) is 2.81. The minimum atomic E-state index is -3.35. The van der Waals surface area contributed by atoms with Gasteiger partial charge in [-0.1, -0.05) is 12.1 Å². The van der Waals surface area contributed by atoms with Crippen molar-refractivity contribution in [3.8, 4) is 0 Å². The Kier molecular flexibility index (Phi) is 4.34. The van der Waals surface area contributed by atoms with Crippen LogP contribution in [-0.4, -0.2) is 38.3 Å². The van der Waals surface area contributed by atoms with Crippen molar-refractivity contribution >= 4 is 15.7 Å². The molecule has 0 bridgehead atoms. The van der Waals surface area contributed by atoms with Crippen molar-refractivity contribution < 1.29 is 8.42 Å². The highest BCUT2D eigenvalue weighted by atomic mass is 32.2. The molecule has 0 aliphatic carbocycles. The van der Waals surface area contributed by atoms with Gasteiger partial charge in [-0.15, -0.1) is 0 Å². The van der Waals surface area contributed by atoms with Gasteiger partial charge in [-0.05, 0) is 17.7 Å².